The molecule has 7 nitrogen and oxygen atoms in total. The maximum atomic E-state index is 11.3. The van der Waals surface area contributed by atoms with Crippen LogP contribution in [0, 0.1) is 13.8 Å². The van der Waals surface area contributed by atoms with Crippen LogP contribution in [0.4, 0.5) is 0 Å². The number of pyridine rings is 2. The summed E-state index contributed by atoms with van der Waals surface area (Å²) >= 11 is 5.82. The van der Waals surface area contributed by atoms with E-state index in [0.29, 0.717) is 11.7 Å². The molecule has 35 heavy (non-hydrogen) atoms. The third-order valence-corrected chi connectivity index (χ3v) is 6.81. The lowest BCUT2D eigenvalue weighted by Crippen LogP contribution is -2.29. The first-order chi connectivity index (χ1) is 16.9. The van der Waals surface area contributed by atoms with Gasteiger partial charge in [-0.2, -0.15) is 0 Å². The SMILES string of the molecule is Cc1cc([C@@H]2[C@@H](c3ccccn3)NC(=S)N2Cc2ccncc2)c(C)n1-c1ccc(C(=O)O)cc1. The maximum Gasteiger partial charge on any atom is 0.335 e. The van der Waals surface area contributed by atoms with Crippen LogP contribution in [0.1, 0.15) is 50.7 Å². The normalized spacial score (nSPS) is 17.4. The molecule has 0 amide bonds. The van der Waals surface area contributed by atoms with Gasteiger partial charge >= 0.3 is 5.97 Å². The van der Waals surface area contributed by atoms with Gasteiger partial charge in [0.15, 0.2) is 5.11 Å². The molecule has 1 aliphatic rings. The highest BCUT2D eigenvalue weighted by Gasteiger charge is 2.41. The van der Waals surface area contributed by atoms with E-state index in [1.54, 1.807) is 30.7 Å². The summed E-state index contributed by atoms with van der Waals surface area (Å²) in [6, 6.07) is 18.9. The van der Waals surface area contributed by atoms with Crippen LogP contribution in [0.5, 0.6) is 0 Å². The van der Waals surface area contributed by atoms with Gasteiger partial charge in [-0.25, -0.2) is 4.79 Å². The Morgan fingerprint density at radius 3 is 2.46 bits per heavy atom. The van der Waals surface area contributed by atoms with E-state index in [2.05, 4.69) is 44.7 Å². The zero-order valence-corrected chi connectivity index (χ0v) is 20.2. The molecule has 0 bridgehead atoms. The number of hydrogen-bond acceptors (Lipinski definition) is 4. The molecule has 1 aliphatic heterocycles. The smallest absolute Gasteiger partial charge is 0.335 e. The standard InChI is InChI=1S/C27H25N5O2S/c1-17-15-22(18(2)32(17)21-8-6-20(7-9-21)26(33)34)25-24(23-5-3-4-12-29-23)30-27(35)31(25)16-19-10-13-28-14-11-19/h3-15,24-25H,16H2,1-2H3,(H,30,35)(H,33,34)/t24-,25-/m1/s1. The molecule has 0 saturated carbocycles. The second kappa shape index (κ2) is 9.31. The van der Waals surface area contributed by atoms with Gasteiger partial charge in [0.05, 0.1) is 23.3 Å². The Balaban J connectivity index is 1.60. The molecule has 1 fully saturated rings. The van der Waals surface area contributed by atoms with Gasteiger partial charge in [0.1, 0.15) is 0 Å². The number of carboxylic acid groups (broad SMARTS) is 1. The number of aromatic carboxylic acids is 1. The first-order valence-electron chi connectivity index (χ1n) is 11.3. The molecule has 0 aliphatic carbocycles. The number of rotatable bonds is 6. The van der Waals surface area contributed by atoms with Crippen LogP contribution in [-0.4, -0.2) is 35.6 Å². The topological polar surface area (TPSA) is 83.3 Å². The number of benzene rings is 1. The summed E-state index contributed by atoms with van der Waals surface area (Å²) in [6.45, 7) is 4.79. The number of carbonyl (C=O) groups is 1. The van der Waals surface area contributed by atoms with E-state index >= 15 is 0 Å². The fourth-order valence-corrected chi connectivity index (χ4v) is 5.14. The van der Waals surface area contributed by atoms with Gasteiger partial charge in [0, 0.05) is 42.2 Å². The number of aryl methyl sites for hydroxylation is 1. The van der Waals surface area contributed by atoms with Crippen molar-refractivity contribution in [3.05, 3.63) is 113 Å². The zero-order chi connectivity index (χ0) is 24.5. The molecule has 4 aromatic rings. The van der Waals surface area contributed by atoms with E-state index in [0.717, 1.165) is 33.9 Å². The molecule has 5 rings (SSSR count). The van der Waals surface area contributed by atoms with Crippen molar-refractivity contribution in [3.8, 4) is 5.69 Å². The third-order valence-electron chi connectivity index (χ3n) is 6.46. The molecule has 3 aromatic heterocycles. The first-order valence-corrected chi connectivity index (χ1v) is 11.7. The van der Waals surface area contributed by atoms with Crippen molar-refractivity contribution in [2.24, 2.45) is 0 Å². The van der Waals surface area contributed by atoms with Crippen LogP contribution in [0.2, 0.25) is 0 Å². The summed E-state index contributed by atoms with van der Waals surface area (Å²) in [5, 5.41) is 13.5. The van der Waals surface area contributed by atoms with Crippen molar-refractivity contribution in [2.75, 3.05) is 0 Å². The predicted octanol–water partition coefficient (Wildman–Crippen LogP) is 4.76. The fourth-order valence-electron chi connectivity index (χ4n) is 4.84. The first kappa shape index (κ1) is 22.7. The molecule has 176 valence electrons. The summed E-state index contributed by atoms with van der Waals surface area (Å²) in [7, 11) is 0. The highest BCUT2D eigenvalue weighted by molar-refractivity contribution is 7.80. The molecule has 1 saturated heterocycles. The number of aromatic nitrogens is 3. The lowest BCUT2D eigenvalue weighted by Gasteiger charge is -2.28. The quantitative estimate of drug-likeness (QED) is 0.383. The number of nitrogens with one attached hydrogen (secondary N) is 1. The number of carboxylic acids is 1. The van der Waals surface area contributed by atoms with E-state index in [9.17, 15) is 9.90 Å². The highest BCUT2D eigenvalue weighted by atomic mass is 32.1. The van der Waals surface area contributed by atoms with Crippen molar-refractivity contribution in [1.29, 1.82) is 0 Å². The second-order valence-electron chi connectivity index (χ2n) is 8.62. The van der Waals surface area contributed by atoms with Crippen molar-refractivity contribution in [2.45, 2.75) is 32.5 Å². The summed E-state index contributed by atoms with van der Waals surface area (Å²) in [4.78, 5) is 22.3. The molecule has 8 heteroatoms. The van der Waals surface area contributed by atoms with Crippen LogP contribution >= 0.6 is 12.2 Å². The van der Waals surface area contributed by atoms with E-state index in [1.807, 2.05) is 42.5 Å². The lowest BCUT2D eigenvalue weighted by atomic mass is 9.96. The van der Waals surface area contributed by atoms with Gasteiger partial charge in [-0.1, -0.05) is 6.07 Å². The van der Waals surface area contributed by atoms with Gasteiger partial charge in [-0.05, 0) is 91.8 Å². The fraction of sp³-hybridized carbons (Fsp3) is 0.185. The van der Waals surface area contributed by atoms with Gasteiger partial charge in [0.2, 0.25) is 0 Å². The Bertz CT molecular complexity index is 1370. The van der Waals surface area contributed by atoms with E-state index in [1.165, 1.54) is 0 Å². The summed E-state index contributed by atoms with van der Waals surface area (Å²) in [5.74, 6) is -0.936. The number of thiocarbonyl (C=S) groups is 1. The molecule has 4 heterocycles. The number of hydrogen-bond donors (Lipinski definition) is 2. The highest BCUT2D eigenvalue weighted by Crippen LogP contribution is 2.42. The molecule has 0 radical (unpaired) electrons. The Hall–Kier alpha value is -4.04. The van der Waals surface area contributed by atoms with Crippen LogP contribution in [-0.2, 0) is 6.54 Å². The largest absolute Gasteiger partial charge is 0.478 e. The van der Waals surface area contributed by atoms with Crippen molar-refractivity contribution < 1.29 is 9.90 Å². The maximum absolute atomic E-state index is 11.3. The molecule has 2 atom stereocenters. The monoisotopic (exact) mass is 483 g/mol. The Morgan fingerprint density at radius 1 is 1.06 bits per heavy atom. The van der Waals surface area contributed by atoms with Crippen LogP contribution in [0.25, 0.3) is 5.69 Å². The van der Waals surface area contributed by atoms with Crippen LogP contribution in [0.15, 0.2) is 79.3 Å². The summed E-state index contributed by atoms with van der Waals surface area (Å²) in [6.07, 6.45) is 5.38. The predicted molar refractivity (Wildman–Crippen MR) is 137 cm³/mol. The van der Waals surface area contributed by atoms with Crippen LogP contribution in [0.3, 0.4) is 0 Å². The van der Waals surface area contributed by atoms with Gasteiger partial charge < -0.3 is 19.9 Å². The molecular weight excluding hydrogens is 458 g/mol. The van der Waals surface area contributed by atoms with E-state index in [4.69, 9.17) is 12.2 Å². The van der Waals surface area contributed by atoms with Crippen molar-refractivity contribution in [3.63, 3.8) is 0 Å². The minimum absolute atomic E-state index is 0.0798. The van der Waals surface area contributed by atoms with E-state index in [-0.39, 0.29) is 17.6 Å². The minimum Gasteiger partial charge on any atom is -0.478 e. The molecule has 0 spiro atoms. The van der Waals surface area contributed by atoms with E-state index < -0.39 is 5.97 Å². The van der Waals surface area contributed by atoms with Gasteiger partial charge in [-0.15, -0.1) is 0 Å². The second-order valence-corrected chi connectivity index (χ2v) is 9.01. The minimum atomic E-state index is -0.936. The average Bonchev–Trinajstić information content (AvgIpc) is 3.35. The third kappa shape index (κ3) is 4.28. The van der Waals surface area contributed by atoms with Crippen molar-refractivity contribution in [1.82, 2.24) is 24.8 Å². The average molecular weight is 484 g/mol. The Kier molecular flexibility index (Phi) is 6.05. The molecular formula is C27H25N5O2S. The van der Waals surface area contributed by atoms with Crippen LogP contribution < -0.4 is 5.32 Å². The molecule has 2 N–H and O–H groups in total. The van der Waals surface area contributed by atoms with Gasteiger partial charge in [-0.3, -0.25) is 9.97 Å². The lowest BCUT2D eigenvalue weighted by molar-refractivity contribution is 0.0697. The summed E-state index contributed by atoms with van der Waals surface area (Å²) in [5.41, 5.74) is 6.49. The van der Waals surface area contributed by atoms with Crippen molar-refractivity contribution >= 4 is 23.3 Å². The zero-order valence-electron chi connectivity index (χ0n) is 19.4. The Morgan fingerprint density at radius 2 is 1.80 bits per heavy atom. The van der Waals surface area contributed by atoms with Gasteiger partial charge in [0.25, 0.3) is 0 Å². The molecule has 0 unspecified atom stereocenters. The summed E-state index contributed by atoms with van der Waals surface area (Å²) < 4.78 is 2.16. The Labute approximate surface area is 209 Å². The molecule has 1 aromatic carbocycles. The number of nitrogens with zero attached hydrogens (tertiary/aromatic N) is 4.